The van der Waals surface area contributed by atoms with E-state index >= 15 is 0 Å². The van der Waals surface area contributed by atoms with Crippen LogP contribution in [0.5, 0.6) is 11.5 Å². The summed E-state index contributed by atoms with van der Waals surface area (Å²) in [5, 5.41) is 1.10. The first kappa shape index (κ1) is 18.7. The number of rotatable bonds is 5. The van der Waals surface area contributed by atoms with Crippen LogP contribution < -0.4 is 9.47 Å². The fourth-order valence-corrected chi connectivity index (χ4v) is 4.18. The molecule has 0 saturated carbocycles. The minimum Gasteiger partial charge on any atom is -0.493 e. The molecule has 0 N–H and O–H groups in total. The van der Waals surface area contributed by atoms with Crippen LogP contribution in [0.2, 0.25) is 0 Å². The van der Waals surface area contributed by atoms with E-state index in [2.05, 4.69) is 11.8 Å². The van der Waals surface area contributed by atoms with E-state index in [-0.39, 0.29) is 5.91 Å². The van der Waals surface area contributed by atoms with E-state index in [9.17, 15) is 4.79 Å². The van der Waals surface area contributed by atoms with Crippen LogP contribution >= 0.6 is 11.3 Å². The number of aryl methyl sites for hydroxylation is 1. The maximum atomic E-state index is 11.4. The number of benzene rings is 1. The van der Waals surface area contributed by atoms with Gasteiger partial charge < -0.3 is 14.4 Å². The summed E-state index contributed by atoms with van der Waals surface area (Å²) >= 11 is 1.73. The normalized spacial score (nSPS) is 15.2. The fourth-order valence-electron chi connectivity index (χ4n) is 3.18. The minimum atomic E-state index is 0.158. The summed E-state index contributed by atoms with van der Waals surface area (Å²) in [4.78, 5) is 21.8. The van der Waals surface area contributed by atoms with Gasteiger partial charge in [-0.05, 0) is 25.1 Å². The number of ether oxygens (including phenoxy) is 2. The Labute approximate surface area is 158 Å². The van der Waals surface area contributed by atoms with Crippen LogP contribution in [0.3, 0.4) is 0 Å². The van der Waals surface area contributed by atoms with E-state index in [0.29, 0.717) is 11.5 Å². The van der Waals surface area contributed by atoms with Crippen LogP contribution in [0.4, 0.5) is 0 Å². The molecule has 2 heterocycles. The van der Waals surface area contributed by atoms with Crippen molar-refractivity contribution in [3.63, 3.8) is 0 Å². The van der Waals surface area contributed by atoms with Gasteiger partial charge in [0, 0.05) is 43.5 Å². The van der Waals surface area contributed by atoms with Crippen molar-refractivity contribution >= 4 is 17.2 Å². The highest BCUT2D eigenvalue weighted by Gasteiger charge is 2.20. The zero-order valence-electron chi connectivity index (χ0n) is 15.7. The van der Waals surface area contributed by atoms with Gasteiger partial charge in [0.1, 0.15) is 5.01 Å². The van der Waals surface area contributed by atoms with Gasteiger partial charge in [0.25, 0.3) is 0 Å². The van der Waals surface area contributed by atoms with E-state index in [1.54, 1.807) is 32.5 Å². The molecule has 3 rings (SSSR count). The molecule has 1 amide bonds. The van der Waals surface area contributed by atoms with Crippen molar-refractivity contribution in [2.45, 2.75) is 20.4 Å². The largest absolute Gasteiger partial charge is 0.493 e. The highest BCUT2D eigenvalue weighted by molar-refractivity contribution is 7.12. The molecular weight excluding hydrogens is 350 g/mol. The van der Waals surface area contributed by atoms with Gasteiger partial charge in [0.15, 0.2) is 11.5 Å². The third-order valence-corrected chi connectivity index (χ3v) is 5.63. The summed E-state index contributed by atoms with van der Waals surface area (Å²) in [5.41, 5.74) is 2.03. The zero-order chi connectivity index (χ0) is 18.7. The van der Waals surface area contributed by atoms with Crippen LogP contribution in [0.1, 0.15) is 16.8 Å². The molecule has 6 nitrogen and oxygen atoms in total. The van der Waals surface area contributed by atoms with Gasteiger partial charge in [-0.25, -0.2) is 4.98 Å². The highest BCUT2D eigenvalue weighted by atomic mass is 32.1. The summed E-state index contributed by atoms with van der Waals surface area (Å²) < 4.78 is 10.7. The first-order chi connectivity index (χ1) is 12.5. The molecule has 0 bridgehead atoms. The Hall–Kier alpha value is -2.12. The third kappa shape index (κ3) is 3.99. The van der Waals surface area contributed by atoms with Crippen LogP contribution in [0, 0.1) is 6.92 Å². The van der Waals surface area contributed by atoms with Crippen molar-refractivity contribution in [2.75, 3.05) is 40.4 Å². The third-order valence-electron chi connectivity index (χ3n) is 4.67. The Morgan fingerprint density at radius 2 is 1.85 bits per heavy atom. The number of hydrogen-bond acceptors (Lipinski definition) is 6. The van der Waals surface area contributed by atoms with Gasteiger partial charge in [-0.3, -0.25) is 9.69 Å². The maximum Gasteiger partial charge on any atom is 0.219 e. The van der Waals surface area contributed by atoms with Gasteiger partial charge in [0.2, 0.25) is 5.91 Å². The summed E-state index contributed by atoms with van der Waals surface area (Å²) in [7, 11) is 3.28. The lowest BCUT2D eigenvalue weighted by Crippen LogP contribution is -2.47. The average molecular weight is 375 g/mol. The molecule has 1 aromatic heterocycles. The Morgan fingerprint density at radius 3 is 2.46 bits per heavy atom. The molecule has 0 unspecified atom stereocenters. The van der Waals surface area contributed by atoms with Crippen molar-refractivity contribution in [3.8, 4) is 22.8 Å². The molecule has 0 radical (unpaired) electrons. The number of carbonyl (C=O) groups excluding carboxylic acids is 1. The molecule has 1 aliphatic heterocycles. The lowest BCUT2D eigenvalue weighted by Gasteiger charge is -2.33. The standard InChI is InChI=1S/C19H25N3O3S/c1-13-19(15-5-6-16(24-3)17(11-15)25-4)20-18(26-13)12-21-7-9-22(10-8-21)14(2)23/h5-6,11H,7-10,12H2,1-4H3. The number of piperazine rings is 1. The van der Waals surface area contributed by atoms with Gasteiger partial charge in [0.05, 0.1) is 26.5 Å². The Bertz CT molecular complexity index is 782. The quantitative estimate of drug-likeness (QED) is 0.804. The van der Waals surface area contributed by atoms with E-state index in [1.807, 2.05) is 23.1 Å². The molecule has 0 atom stereocenters. The molecule has 26 heavy (non-hydrogen) atoms. The monoisotopic (exact) mass is 375 g/mol. The molecule has 1 aliphatic rings. The molecule has 1 aromatic carbocycles. The van der Waals surface area contributed by atoms with E-state index in [1.165, 1.54) is 4.88 Å². The van der Waals surface area contributed by atoms with Crippen molar-refractivity contribution in [2.24, 2.45) is 0 Å². The number of amides is 1. The number of carbonyl (C=O) groups is 1. The van der Waals surface area contributed by atoms with Crippen molar-refractivity contribution in [3.05, 3.63) is 28.1 Å². The SMILES string of the molecule is COc1ccc(-c2nc(CN3CCN(C(C)=O)CC3)sc2C)cc1OC. The first-order valence-electron chi connectivity index (χ1n) is 8.68. The second kappa shape index (κ2) is 8.05. The predicted molar refractivity (Wildman–Crippen MR) is 103 cm³/mol. The number of aromatic nitrogens is 1. The second-order valence-electron chi connectivity index (χ2n) is 6.36. The second-order valence-corrected chi connectivity index (χ2v) is 7.65. The lowest BCUT2D eigenvalue weighted by atomic mass is 10.1. The van der Waals surface area contributed by atoms with Gasteiger partial charge >= 0.3 is 0 Å². The van der Waals surface area contributed by atoms with Gasteiger partial charge in [-0.2, -0.15) is 0 Å². The van der Waals surface area contributed by atoms with Crippen LogP contribution in [-0.2, 0) is 11.3 Å². The lowest BCUT2D eigenvalue weighted by molar-refractivity contribution is -0.130. The number of methoxy groups -OCH3 is 2. The van der Waals surface area contributed by atoms with Crippen molar-refractivity contribution in [1.29, 1.82) is 0 Å². The smallest absolute Gasteiger partial charge is 0.219 e. The molecular formula is C19H25N3O3S. The van der Waals surface area contributed by atoms with Gasteiger partial charge in [-0.15, -0.1) is 11.3 Å². The zero-order valence-corrected chi connectivity index (χ0v) is 16.6. The molecule has 0 spiro atoms. The molecule has 0 aliphatic carbocycles. The summed E-state index contributed by atoms with van der Waals surface area (Å²) in [5.74, 6) is 1.58. The molecule has 7 heteroatoms. The number of thiazole rings is 1. The molecule has 1 fully saturated rings. The van der Waals surface area contributed by atoms with Crippen molar-refractivity contribution in [1.82, 2.24) is 14.8 Å². The summed E-state index contributed by atoms with van der Waals surface area (Å²) in [6.07, 6.45) is 0. The van der Waals surface area contributed by atoms with Crippen LogP contribution in [0.25, 0.3) is 11.3 Å². The Morgan fingerprint density at radius 1 is 1.15 bits per heavy atom. The average Bonchev–Trinajstić information content (AvgIpc) is 3.01. The summed E-state index contributed by atoms with van der Waals surface area (Å²) in [6, 6.07) is 5.89. The first-order valence-corrected chi connectivity index (χ1v) is 9.50. The Kier molecular flexibility index (Phi) is 5.78. The van der Waals surface area contributed by atoms with E-state index in [4.69, 9.17) is 14.5 Å². The molecule has 1 saturated heterocycles. The Balaban J connectivity index is 1.73. The van der Waals surface area contributed by atoms with Crippen LogP contribution in [-0.4, -0.2) is 61.1 Å². The minimum absolute atomic E-state index is 0.158. The fraction of sp³-hybridized carbons (Fsp3) is 0.474. The molecule has 2 aromatic rings. The van der Waals surface area contributed by atoms with E-state index in [0.717, 1.165) is 49.0 Å². The molecule has 140 valence electrons. The number of nitrogens with zero attached hydrogens (tertiary/aromatic N) is 3. The summed E-state index contributed by atoms with van der Waals surface area (Å²) in [6.45, 7) is 7.93. The van der Waals surface area contributed by atoms with E-state index < -0.39 is 0 Å². The number of hydrogen-bond donors (Lipinski definition) is 0. The topological polar surface area (TPSA) is 54.9 Å². The highest BCUT2D eigenvalue weighted by Crippen LogP contribution is 2.35. The van der Waals surface area contributed by atoms with Crippen LogP contribution in [0.15, 0.2) is 18.2 Å². The van der Waals surface area contributed by atoms with Crippen molar-refractivity contribution < 1.29 is 14.3 Å². The maximum absolute atomic E-state index is 11.4. The predicted octanol–water partition coefficient (Wildman–Crippen LogP) is 2.80. The van der Waals surface area contributed by atoms with Gasteiger partial charge in [-0.1, -0.05) is 0 Å².